The van der Waals surface area contributed by atoms with Gasteiger partial charge in [0.2, 0.25) is 0 Å². The van der Waals surface area contributed by atoms with E-state index in [1.807, 2.05) is 0 Å². The lowest BCUT2D eigenvalue weighted by molar-refractivity contribution is 0.222. The zero-order valence-corrected chi connectivity index (χ0v) is 10.7. The second-order valence-corrected chi connectivity index (χ2v) is 4.79. The Balaban J connectivity index is 2.12. The van der Waals surface area contributed by atoms with Gasteiger partial charge in [-0.15, -0.1) is 0 Å². The van der Waals surface area contributed by atoms with Crippen molar-refractivity contribution in [1.29, 1.82) is 0 Å². The highest BCUT2D eigenvalue weighted by Crippen LogP contribution is 2.30. The molecule has 1 heterocycles. The fourth-order valence-corrected chi connectivity index (χ4v) is 2.12. The molecule has 0 saturated carbocycles. The van der Waals surface area contributed by atoms with Crippen molar-refractivity contribution in [3.05, 3.63) is 22.2 Å². The molecule has 0 radical (unpaired) electrons. The minimum Gasteiger partial charge on any atom is -0.397 e. The maximum atomic E-state index is 11.8. The highest BCUT2D eigenvalue weighted by Gasteiger charge is 2.18. The molecule has 0 atom stereocenters. The van der Waals surface area contributed by atoms with Crippen LogP contribution in [-0.2, 0) is 0 Å². The minimum absolute atomic E-state index is 0.146. The lowest BCUT2D eigenvalue weighted by atomic mass is 10.2. The van der Waals surface area contributed by atoms with Crippen molar-refractivity contribution >= 4 is 40.6 Å². The molecule has 3 N–H and O–H groups in total. The first-order valence-electron chi connectivity index (χ1n) is 5.38. The predicted molar refractivity (Wildman–Crippen MR) is 70.7 cm³/mol. The van der Waals surface area contributed by atoms with E-state index in [4.69, 9.17) is 28.9 Å². The number of rotatable bonds is 1. The number of benzene rings is 1. The highest BCUT2D eigenvalue weighted by atomic mass is 35.5. The number of nitrogen functional groups attached to an aromatic ring is 1. The molecule has 2 rings (SSSR count). The summed E-state index contributed by atoms with van der Waals surface area (Å²) in [6.07, 6.45) is 2.09. The van der Waals surface area contributed by atoms with E-state index in [-0.39, 0.29) is 6.03 Å². The van der Waals surface area contributed by atoms with Crippen molar-refractivity contribution in [2.45, 2.75) is 12.8 Å². The number of nitrogens with zero attached hydrogens (tertiary/aromatic N) is 1. The van der Waals surface area contributed by atoms with Gasteiger partial charge in [-0.25, -0.2) is 4.79 Å². The van der Waals surface area contributed by atoms with Crippen LogP contribution < -0.4 is 11.1 Å². The van der Waals surface area contributed by atoms with Gasteiger partial charge in [-0.05, 0) is 25.0 Å². The maximum absolute atomic E-state index is 11.8. The third kappa shape index (κ3) is 2.76. The molecule has 1 fully saturated rings. The van der Waals surface area contributed by atoms with Gasteiger partial charge in [0.05, 0.1) is 21.4 Å². The third-order valence-electron chi connectivity index (χ3n) is 2.73. The van der Waals surface area contributed by atoms with E-state index in [2.05, 4.69) is 5.32 Å². The molecule has 17 heavy (non-hydrogen) atoms. The van der Waals surface area contributed by atoms with Gasteiger partial charge in [-0.1, -0.05) is 23.2 Å². The average Bonchev–Trinajstić information content (AvgIpc) is 2.79. The molecule has 1 aromatic carbocycles. The maximum Gasteiger partial charge on any atom is 0.321 e. The highest BCUT2D eigenvalue weighted by molar-refractivity contribution is 6.42. The summed E-state index contributed by atoms with van der Waals surface area (Å²) in [5.74, 6) is 0. The Bertz CT molecular complexity index is 445. The first-order valence-corrected chi connectivity index (χ1v) is 6.14. The number of urea groups is 1. The predicted octanol–water partition coefficient (Wildman–Crippen LogP) is 3.20. The molecule has 92 valence electrons. The number of likely N-dealkylation sites (tertiary alicyclic amines) is 1. The monoisotopic (exact) mass is 273 g/mol. The Morgan fingerprint density at radius 2 is 1.82 bits per heavy atom. The van der Waals surface area contributed by atoms with Gasteiger partial charge < -0.3 is 16.0 Å². The Morgan fingerprint density at radius 1 is 1.24 bits per heavy atom. The zero-order valence-electron chi connectivity index (χ0n) is 9.17. The van der Waals surface area contributed by atoms with Gasteiger partial charge in [0.1, 0.15) is 0 Å². The van der Waals surface area contributed by atoms with Crippen LogP contribution in [0.5, 0.6) is 0 Å². The van der Waals surface area contributed by atoms with Crippen LogP contribution in [0.1, 0.15) is 12.8 Å². The lowest BCUT2D eigenvalue weighted by Crippen LogP contribution is -2.32. The molecule has 0 spiro atoms. The van der Waals surface area contributed by atoms with Crippen LogP contribution in [0, 0.1) is 0 Å². The molecule has 4 nitrogen and oxygen atoms in total. The molecule has 1 saturated heterocycles. The molecule has 0 aromatic heterocycles. The Kier molecular flexibility index (Phi) is 3.64. The van der Waals surface area contributed by atoms with Crippen molar-refractivity contribution in [1.82, 2.24) is 4.90 Å². The topological polar surface area (TPSA) is 58.4 Å². The number of anilines is 2. The van der Waals surface area contributed by atoms with Gasteiger partial charge in [0.15, 0.2) is 0 Å². The van der Waals surface area contributed by atoms with Crippen molar-refractivity contribution in [2.75, 3.05) is 24.1 Å². The first-order chi connectivity index (χ1) is 8.08. The Morgan fingerprint density at radius 3 is 2.47 bits per heavy atom. The van der Waals surface area contributed by atoms with Crippen LogP contribution in [0.2, 0.25) is 10.0 Å². The van der Waals surface area contributed by atoms with E-state index in [9.17, 15) is 4.79 Å². The molecule has 2 amide bonds. The van der Waals surface area contributed by atoms with Crippen LogP contribution in [0.3, 0.4) is 0 Å². The van der Waals surface area contributed by atoms with E-state index in [0.29, 0.717) is 21.4 Å². The largest absolute Gasteiger partial charge is 0.397 e. The van der Waals surface area contributed by atoms with Gasteiger partial charge in [0, 0.05) is 13.1 Å². The zero-order chi connectivity index (χ0) is 12.4. The van der Waals surface area contributed by atoms with Crippen LogP contribution in [0.25, 0.3) is 0 Å². The number of hydrogen-bond acceptors (Lipinski definition) is 2. The summed E-state index contributed by atoms with van der Waals surface area (Å²) in [6.45, 7) is 1.57. The molecular formula is C11H13Cl2N3O. The lowest BCUT2D eigenvalue weighted by Gasteiger charge is -2.17. The summed E-state index contributed by atoms with van der Waals surface area (Å²) in [6, 6.07) is 2.95. The van der Waals surface area contributed by atoms with Gasteiger partial charge in [-0.3, -0.25) is 0 Å². The number of hydrogen-bond donors (Lipinski definition) is 2. The van der Waals surface area contributed by atoms with E-state index in [0.717, 1.165) is 25.9 Å². The second-order valence-electron chi connectivity index (χ2n) is 3.98. The average molecular weight is 274 g/mol. The van der Waals surface area contributed by atoms with Crippen molar-refractivity contribution in [2.24, 2.45) is 0 Å². The quantitative estimate of drug-likeness (QED) is 0.772. The number of amides is 2. The number of carbonyl (C=O) groups is 1. The van der Waals surface area contributed by atoms with E-state index < -0.39 is 0 Å². The number of halogens is 2. The molecule has 1 aliphatic heterocycles. The fraction of sp³-hybridized carbons (Fsp3) is 0.364. The molecule has 1 aromatic rings. The van der Waals surface area contributed by atoms with Crippen LogP contribution >= 0.6 is 23.2 Å². The second kappa shape index (κ2) is 5.02. The van der Waals surface area contributed by atoms with E-state index in [1.54, 1.807) is 11.0 Å². The standard InChI is InChI=1S/C11H13Cl2N3O/c12-7-5-9(14)10(6-8(7)13)15-11(17)16-3-1-2-4-16/h5-6H,1-4,14H2,(H,15,17). The smallest absolute Gasteiger partial charge is 0.321 e. The van der Waals surface area contributed by atoms with Gasteiger partial charge in [0.25, 0.3) is 0 Å². The molecule has 0 bridgehead atoms. The molecule has 6 heteroatoms. The fourth-order valence-electron chi connectivity index (χ4n) is 1.78. The summed E-state index contributed by atoms with van der Waals surface area (Å²) in [4.78, 5) is 13.6. The number of nitrogens with one attached hydrogen (secondary N) is 1. The summed E-state index contributed by atoms with van der Waals surface area (Å²) >= 11 is 11.7. The minimum atomic E-state index is -0.146. The normalized spacial score (nSPS) is 15.1. The summed E-state index contributed by atoms with van der Waals surface area (Å²) in [5.41, 5.74) is 6.67. The SMILES string of the molecule is Nc1cc(Cl)c(Cl)cc1NC(=O)N1CCCC1. The molecule has 0 unspecified atom stereocenters. The van der Waals surface area contributed by atoms with E-state index in [1.165, 1.54) is 6.07 Å². The van der Waals surface area contributed by atoms with Crippen LogP contribution in [0.15, 0.2) is 12.1 Å². The van der Waals surface area contributed by atoms with Crippen LogP contribution in [0.4, 0.5) is 16.2 Å². The number of nitrogens with two attached hydrogens (primary N) is 1. The molecule has 1 aliphatic rings. The summed E-state index contributed by atoms with van der Waals surface area (Å²) in [7, 11) is 0. The van der Waals surface area contributed by atoms with Crippen molar-refractivity contribution in [3.63, 3.8) is 0 Å². The molecule has 0 aliphatic carbocycles. The van der Waals surface area contributed by atoms with Gasteiger partial charge in [-0.2, -0.15) is 0 Å². The third-order valence-corrected chi connectivity index (χ3v) is 3.45. The van der Waals surface area contributed by atoms with Crippen molar-refractivity contribution < 1.29 is 4.79 Å². The number of carbonyl (C=O) groups excluding carboxylic acids is 1. The summed E-state index contributed by atoms with van der Waals surface area (Å²) in [5, 5.41) is 3.49. The van der Waals surface area contributed by atoms with Gasteiger partial charge >= 0.3 is 6.03 Å². The molecular weight excluding hydrogens is 261 g/mol. The van der Waals surface area contributed by atoms with Crippen LogP contribution in [-0.4, -0.2) is 24.0 Å². The first kappa shape index (κ1) is 12.3. The summed E-state index contributed by atoms with van der Waals surface area (Å²) < 4.78 is 0. The van der Waals surface area contributed by atoms with Crippen molar-refractivity contribution in [3.8, 4) is 0 Å². The van der Waals surface area contributed by atoms with E-state index >= 15 is 0 Å². The Labute approximate surface area is 110 Å². The Hall–Kier alpha value is -1.13.